The second kappa shape index (κ2) is 6.36. The molecule has 2 aliphatic rings. The molecule has 2 N–H and O–H groups in total. The minimum absolute atomic E-state index is 0.252. The molecule has 0 aliphatic heterocycles. The molecule has 0 amide bonds. The van der Waals surface area contributed by atoms with Crippen molar-refractivity contribution in [2.75, 3.05) is 13.2 Å². The van der Waals surface area contributed by atoms with E-state index in [2.05, 4.69) is 19.2 Å². The lowest BCUT2D eigenvalue weighted by molar-refractivity contribution is -0.153. The third-order valence-electron chi connectivity index (χ3n) is 5.09. The van der Waals surface area contributed by atoms with Gasteiger partial charge in [0.05, 0.1) is 12.7 Å². The molecule has 2 aliphatic carbocycles. The molecule has 18 heavy (non-hydrogen) atoms. The standard InChI is InChI=1S/C15H29NO2/c1-3-12(11-17)16-13-10-14(18-4-2)15(13)8-6-5-7-9-15/h12-14,16-17H,3-11H2,1-2H3/t12-,13?,14?/m0/s1. The number of ether oxygens (including phenoxy) is 1. The highest BCUT2D eigenvalue weighted by Crippen LogP contribution is 2.53. The molecule has 0 radical (unpaired) electrons. The highest BCUT2D eigenvalue weighted by atomic mass is 16.5. The summed E-state index contributed by atoms with van der Waals surface area (Å²) in [7, 11) is 0. The molecule has 0 bridgehead atoms. The topological polar surface area (TPSA) is 41.5 Å². The third-order valence-corrected chi connectivity index (χ3v) is 5.09. The van der Waals surface area contributed by atoms with Gasteiger partial charge in [0.2, 0.25) is 0 Å². The van der Waals surface area contributed by atoms with Gasteiger partial charge < -0.3 is 15.2 Å². The molecule has 0 aromatic rings. The second-order valence-electron chi connectivity index (χ2n) is 5.98. The van der Waals surface area contributed by atoms with Crippen molar-refractivity contribution in [1.29, 1.82) is 0 Å². The highest BCUT2D eigenvalue weighted by molar-refractivity contribution is 5.09. The van der Waals surface area contributed by atoms with Gasteiger partial charge in [0.25, 0.3) is 0 Å². The molecular weight excluding hydrogens is 226 g/mol. The summed E-state index contributed by atoms with van der Waals surface area (Å²) < 4.78 is 5.95. The van der Waals surface area contributed by atoms with E-state index >= 15 is 0 Å². The highest BCUT2D eigenvalue weighted by Gasteiger charge is 2.55. The van der Waals surface area contributed by atoms with Gasteiger partial charge in [0, 0.05) is 24.1 Å². The lowest BCUT2D eigenvalue weighted by Crippen LogP contribution is -2.66. The summed E-state index contributed by atoms with van der Waals surface area (Å²) in [6, 6.07) is 0.822. The molecule has 0 aromatic carbocycles. The molecule has 2 saturated carbocycles. The lowest BCUT2D eigenvalue weighted by atomic mass is 9.55. The summed E-state index contributed by atoms with van der Waals surface area (Å²) in [5, 5.41) is 13.0. The molecule has 0 aromatic heterocycles. The van der Waals surface area contributed by atoms with E-state index < -0.39 is 0 Å². The van der Waals surface area contributed by atoms with Crippen LogP contribution >= 0.6 is 0 Å². The van der Waals surface area contributed by atoms with Crippen LogP contribution in [0.25, 0.3) is 0 Å². The van der Waals surface area contributed by atoms with Crippen LogP contribution < -0.4 is 5.32 Å². The van der Waals surface area contributed by atoms with Crippen LogP contribution in [0.5, 0.6) is 0 Å². The Kier molecular flexibility index (Phi) is 5.05. The average molecular weight is 255 g/mol. The first-order valence-corrected chi connectivity index (χ1v) is 7.75. The van der Waals surface area contributed by atoms with Gasteiger partial charge in [-0.2, -0.15) is 0 Å². The number of aliphatic hydroxyl groups is 1. The van der Waals surface area contributed by atoms with Crippen LogP contribution in [-0.4, -0.2) is 36.5 Å². The Bertz CT molecular complexity index is 247. The molecule has 3 heteroatoms. The minimum atomic E-state index is 0.252. The van der Waals surface area contributed by atoms with Crippen molar-refractivity contribution in [1.82, 2.24) is 5.32 Å². The van der Waals surface area contributed by atoms with Crippen molar-refractivity contribution in [2.45, 2.75) is 77.0 Å². The molecule has 106 valence electrons. The summed E-state index contributed by atoms with van der Waals surface area (Å²) in [6.07, 6.45) is 9.26. The quantitative estimate of drug-likeness (QED) is 0.766. The fourth-order valence-corrected chi connectivity index (χ4v) is 3.88. The fourth-order valence-electron chi connectivity index (χ4n) is 3.88. The Morgan fingerprint density at radius 1 is 1.28 bits per heavy atom. The van der Waals surface area contributed by atoms with Gasteiger partial charge in [-0.25, -0.2) is 0 Å². The van der Waals surface area contributed by atoms with Crippen LogP contribution in [0.1, 0.15) is 58.8 Å². The largest absolute Gasteiger partial charge is 0.395 e. The van der Waals surface area contributed by atoms with Crippen molar-refractivity contribution in [3.05, 3.63) is 0 Å². The number of hydrogen-bond acceptors (Lipinski definition) is 3. The number of rotatable bonds is 6. The van der Waals surface area contributed by atoms with Gasteiger partial charge in [0.15, 0.2) is 0 Å². The number of aliphatic hydroxyl groups excluding tert-OH is 1. The van der Waals surface area contributed by atoms with Gasteiger partial charge in [-0.3, -0.25) is 0 Å². The van der Waals surface area contributed by atoms with Crippen molar-refractivity contribution >= 4 is 0 Å². The Hall–Kier alpha value is -0.120. The van der Waals surface area contributed by atoms with Crippen molar-refractivity contribution in [3.63, 3.8) is 0 Å². The van der Waals surface area contributed by atoms with Crippen LogP contribution in [0.3, 0.4) is 0 Å². The third kappa shape index (κ3) is 2.59. The zero-order chi connectivity index (χ0) is 13.0. The van der Waals surface area contributed by atoms with Gasteiger partial charge in [-0.05, 0) is 32.6 Å². The molecule has 3 atom stereocenters. The second-order valence-corrected chi connectivity index (χ2v) is 5.98. The molecular formula is C15H29NO2. The zero-order valence-corrected chi connectivity index (χ0v) is 12.0. The van der Waals surface area contributed by atoms with Crippen molar-refractivity contribution < 1.29 is 9.84 Å². The Labute approximate surface area is 111 Å². The number of hydrogen-bond donors (Lipinski definition) is 2. The summed E-state index contributed by atoms with van der Waals surface area (Å²) in [6.45, 7) is 5.32. The van der Waals surface area contributed by atoms with Gasteiger partial charge in [-0.15, -0.1) is 0 Å². The van der Waals surface area contributed by atoms with E-state index in [0.29, 0.717) is 17.6 Å². The van der Waals surface area contributed by atoms with Crippen LogP contribution in [0.2, 0.25) is 0 Å². The van der Waals surface area contributed by atoms with E-state index in [1.807, 2.05) is 0 Å². The molecule has 0 saturated heterocycles. The monoisotopic (exact) mass is 255 g/mol. The molecule has 2 unspecified atom stereocenters. The van der Waals surface area contributed by atoms with E-state index in [4.69, 9.17) is 4.74 Å². The van der Waals surface area contributed by atoms with E-state index in [1.54, 1.807) is 0 Å². The normalized spacial score (nSPS) is 32.2. The van der Waals surface area contributed by atoms with Crippen LogP contribution in [0, 0.1) is 5.41 Å². The maximum atomic E-state index is 9.36. The fraction of sp³-hybridized carbons (Fsp3) is 1.00. The van der Waals surface area contributed by atoms with Gasteiger partial charge in [0.1, 0.15) is 0 Å². The first kappa shape index (κ1) is 14.3. The smallest absolute Gasteiger partial charge is 0.0661 e. The first-order valence-electron chi connectivity index (χ1n) is 7.75. The lowest BCUT2D eigenvalue weighted by Gasteiger charge is -2.58. The van der Waals surface area contributed by atoms with Gasteiger partial charge in [-0.1, -0.05) is 26.2 Å². The van der Waals surface area contributed by atoms with Crippen LogP contribution in [0.15, 0.2) is 0 Å². The van der Waals surface area contributed by atoms with Crippen LogP contribution in [-0.2, 0) is 4.74 Å². The summed E-state index contributed by atoms with van der Waals surface area (Å²) >= 11 is 0. The van der Waals surface area contributed by atoms with Crippen molar-refractivity contribution in [3.8, 4) is 0 Å². The maximum Gasteiger partial charge on any atom is 0.0661 e. The maximum absolute atomic E-state index is 9.36. The number of nitrogens with one attached hydrogen (secondary N) is 1. The van der Waals surface area contributed by atoms with Gasteiger partial charge >= 0.3 is 0 Å². The molecule has 2 rings (SSSR count). The molecule has 3 nitrogen and oxygen atoms in total. The molecule has 0 heterocycles. The van der Waals surface area contributed by atoms with E-state index in [1.165, 1.54) is 32.1 Å². The predicted molar refractivity (Wildman–Crippen MR) is 73.6 cm³/mol. The Balaban J connectivity index is 1.98. The zero-order valence-electron chi connectivity index (χ0n) is 12.0. The molecule has 2 fully saturated rings. The molecule has 1 spiro atoms. The predicted octanol–water partition coefficient (Wildman–Crippen LogP) is 2.47. The summed E-state index contributed by atoms with van der Waals surface area (Å²) in [5.41, 5.74) is 0.372. The van der Waals surface area contributed by atoms with E-state index in [-0.39, 0.29) is 12.6 Å². The minimum Gasteiger partial charge on any atom is -0.395 e. The van der Waals surface area contributed by atoms with E-state index in [0.717, 1.165) is 19.4 Å². The summed E-state index contributed by atoms with van der Waals surface area (Å²) in [4.78, 5) is 0. The Morgan fingerprint density at radius 2 is 2.00 bits per heavy atom. The van der Waals surface area contributed by atoms with Crippen molar-refractivity contribution in [2.24, 2.45) is 5.41 Å². The Morgan fingerprint density at radius 3 is 2.56 bits per heavy atom. The van der Waals surface area contributed by atoms with Crippen LogP contribution in [0.4, 0.5) is 0 Å². The van der Waals surface area contributed by atoms with E-state index in [9.17, 15) is 5.11 Å². The first-order chi connectivity index (χ1) is 8.76. The average Bonchev–Trinajstić information content (AvgIpc) is 2.43. The summed E-state index contributed by atoms with van der Waals surface area (Å²) in [5.74, 6) is 0. The SMILES string of the molecule is CCOC1CC(N[C@@H](CC)CO)C12CCCCC2.